The van der Waals surface area contributed by atoms with Crippen LogP contribution in [-0.4, -0.2) is 31.2 Å². The summed E-state index contributed by atoms with van der Waals surface area (Å²) in [6, 6.07) is 2.79. The maximum absolute atomic E-state index is 10.2. The van der Waals surface area contributed by atoms with Gasteiger partial charge in [-0.25, -0.2) is 9.78 Å². The molecule has 2 fully saturated rings. The van der Waals surface area contributed by atoms with E-state index in [9.17, 15) is 5.26 Å². The molecule has 5 nitrogen and oxygen atoms in total. The lowest BCUT2D eigenvalue weighted by Crippen LogP contribution is -2.50. The van der Waals surface area contributed by atoms with Gasteiger partial charge in [0.15, 0.2) is 6.29 Å². The summed E-state index contributed by atoms with van der Waals surface area (Å²) >= 11 is 0. The Kier molecular flexibility index (Phi) is 6.51. The first-order valence-corrected chi connectivity index (χ1v) is 13.7. The highest BCUT2D eigenvalue weighted by Gasteiger charge is 2.61. The van der Waals surface area contributed by atoms with E-state index in [4.69, 9.17) is 19.2 Å². The molecular formula is C29H43NO4. The molecule has 1 saturated heterocycles. The molecule has 1 saturated carbocycles. The quantitative estimate of drug-likeness (QED) is 0.322. The Balaban J connectivity index is 1.42. The number of rotatable bonds is 6. The minimum atomic E-state index is -0.392. The van der Waals surface area contributed by atoms with Crippen LogP contribution in [0.25, 0.3) is 0 Å². The van der Waals surface area contributed by atoms with Crippen LogP contribution in [-0.2, 0) is 19.2 Å². The van der Waals surface area contributed by atoms with E-state index in [1.54, 1.807) is 11.1 Å². The maximum Gasteiger partial charge on any atom is 0.155 e. The molecule has 0 bridgehead atoms. The zero-order valence-corrected chi connectivity index (χ0v) is 21.8. The topological polar surface area (TPSA) is 60.7 Å². The monoisotopic (exact) mass is 469 g/mol. The minimum absolute atomic E-state index is 0.0682. The highest BCUT2D eigenvalue weighted by atomic mass is 17.2. The number of ether oxygens (including phenoxy) is 2. The van der Waals surface area contributed by atoms with Crippen molar-refractivity contribution in [1.29, 1.82) is 5.26 Å². The lowest BCUT2D eigenvalue weighted by atomic mass is 9.52. The fourth-order valence-corrected chi connectivity index (χ4v) is 8.10. The van der Waals surface area contributed by atoms with E-state index in [1.807, 2.05) is 6.92 Å². The molecule has 0 aromatic carbocycles. The summed E-state index contributed by atoms with van der Waals surface area (Å²) in [7, 11) is 0. The predicted octanol–water partition coefficient (Wildman–Crippen LogP) is 6.65. The second-order valence-electron chi connectivity index (χ2n) is 12.2. The fourth-order valence-electron chi connectivity index (χ4n) is 8.10. The Hall–Kier alpha value is -1.19. The zero-order valence-electron chi connectivity index (χ0n) is 21.8. The molecule has 1 aliphatic heterocycles. The third-order valence-electron chi connectivity index (χ3n) is 10.1. The number of fused-ring (bicyclic) bond motifs is 4. The van der Waals surface area contributed by atoms with E-state index >= 15 is 0 Å². The lowest BCUT2D eigenvalue weighted by molar-refractivity contribution is -0.341. The Morgan fingerprint density at radius 2 is 2.06 bits per heavy atom. The molecule has 5 heteroatoms. The van der Waals surface area contributed by atoms with Gasteiger partial charge in [0.1, 0.15) is 5.60 Å². The Labute approximate surface area is 205 Å². The summed E-state index contributed by atoms with van der Waals surface area (Å²) in [6.07, 6.45) is 11.4. The van der Waals surface area contributed by atoms with Crippen molar-refractivity contribution >= 4 is 0 Å². The second kappa shape index (κ2) is 9.04. The Morgan fingerprint density at radius 3 is 2.74 bits per heavy atom. The van der Waals surface area contributed by atoms with Crippen molar-refractivity contribution in [2.75, 3.05) is 13.2 Å². The molecular weight excluding hydrogens is 426 g/mol. The van der Waals surface area contributed by atoms with Gasteiger partial charge in [-0.2, -0.15) is 5.26 Å². The Bertz CT molecular complexity index is 894. The number of hydrogen-bond acceptors (Lipinski definition) is 5. The predicted molar refractivity (Wildman–Crippen MR) is 130 cm³/mol. The van der Waals surface area contributed by atoms with Crippen LogP contribution >= 0.6 is 0 Å². The normalized spacial score (nSPS) is 42.3. The highest BCUT2D eigenvalue weighted by molar-refractivity contribution is 5.46. The van der Waals surface area contributed by atoms with Crippen molar-refractivity contribution in [2.45, 2.75) is 110 Å². The molecule has 188 valence electrons. The van der Waals surface area contributed by atoms with Crippen molar-refractivity contribution in [3.05, 3.63) is 22.8 Å². The van der Waals surface area contributed by atoms with Crippen LogP contribution in [0.2, 0.25) is 0 Å². The summed E-state index contributed by atoms with van der Waals surface area (Å²) in [5.41, 5.74) is 4.16. The maximum atomic E-state index is 10.2. The molecule has 7 atom stereocenters. The second-order valence-corrected chi connectivity index (χ2v) is 12.2. The third kappa shape index (κ3) is 3.72. The van der Waals surface area contributed by atoms with Crippen molar-refractivity contribution in [3.63, 3.8) is 0 Å². The van der Waals surface area contributed by atoms with Gasteiger partial charge in [-0.05, 0) is 79.8 Å². The average Bonchev–Trinajstić information content (AvgIpc) is 3.40. The zero-order chi connectivity index (χ0) is 24.1. The van der Waals surface area contributed by atoms with Gasteiger partial charge in [0.05, 0.1) is 30.8 Å². The summed E-state index contributed by atoms with van der Waals surface area (Å²) in [5.74, 6) is 1.66. The van der Waals surface area contributed by atoms with E-state index in [1.165, 1.54) is 18.4 Å². The van der Waals surface area contributed by atoms with Gasteiger partial charge in [0.2, 0.25) is 0 Å². The molecule has 5 aliphatic rings. The van der Waals surface area contributed by atoms with E-state index in [0.29, 0.717) is 31.0 Å². The molecule has 1 spiro atoms. The van der Waals surface area contributed by atoms with Crippen molar-refractivity contribution in [1.82, 2.24) is 0 Å². The van der Waals surface area contributed by atoms with E-state index in [2.05, 4.69) is 39.8 Å². The fraction of sp³-hybridized carbons (Fsp3) is 0.828. The Morgan fingerprint density at radius 1 is 1.24 bits per heavy atom. The molecule has 0 aromatic heterocycles. The minimum Gasteiger partial charge on any atom is -0.353 e. The van der Waals surface area contributed by atoms with Gasteiger partial charge in [-0.1, -0.05) is 39.3 Å². The summed E-state index contributed by atoms with van der Waals surface area (Å²) in [6.45, 7) is 12.3. The summed E-state index contributed by atoms with van der Waals surface area (Å²) in [5, 5.41) is 10.2. The first-order valence-electron chi connectivity index (χ1n) is 13.7. The van der Waals surface area contributed by atoms with Crippen molar-refractivity contribution in [3.8, 4) is 6.07 Å². The number of nitriles is 1. The van der Waals surface area contributed by atoms with Crippen molar-refractivity contribution in [2.24, 2.45) is 28.6 Å². The van der Waals surface area contributed by atoms with E-state index < -0.39 is 5.60 Å². The van der Waals surface area contributed by atoms with Crippen LogP contribution < -0.4 is 0 Å². The van der Waals surface area contributed by atoms with Crippen LogP contribution in [0, 0.1) is 39.9 Å². The van der Waals surface area contributed by atoms with Crippen molar-refractivity contribution < 1.29 is 19.2 Å². The number of nitrogens with zero attached hydrogens (tertiary/aromatic N) is 1. The smallest absolute Gasteiger partial charge is 0.155 e. The highest BCUT2D eigenvalue weighted by Crippen LogP contribution is 2.67. The first-order chi connectivity index (χ1) is 16.3. The molecule has 0 amide bonds. The van der Waals surface area contributed by atoms with Gasteiger partial charge in [-0.3, -0.25) is 0 Å². The molecule has 0 N–H and O–H groups in total. The average molecular weight is 470 g/mol. The molecule has 4 aliphatic carbocycles. The van der Waals surface area contributed by atoms with Crippen LogP contribution in [0.5, 0.6) is 0 Å². The molecule has 34 heavy (non-hydrogen) atoms. The third-order valence-corrected chi connectivity index (χ3v) is 10.1. The molecule has 5 rings (SSSR count). The lowest BCUT2D eigenvalue weighted by Gasteiger charge is -2.51. The van der Waals surface area contributed by atoms with Gasteiger partial charge in [0, 0.05) is 19.3 Å². The van der Waals surface area contributed by atoms with Gasteiger partial charge in [-0.15, -0.1) is 0 Å². The SMILES string of the molecule is CC[C@]1(C#N)CC[C@H]2[C@@H]3CCC4=C(CC(OC(C)OCC(C)C)C5(CCOO5)C4)C3=CC[C@@]21C. The molecule has 3 unspecified atom stereocenters. The number of hydrogen-bond donors (Lipinski definition) is 0. The van der Waals surface area contributed by atoms with Crippen LogP contribution in [0.15, 0.2) is 22.8 Å². The van der Waals surface area contributed by atoms with E-state index in [0.717, 1.165) is 44.9 Å². The van der Waals surface area contributed by atoms with Gasteiger partial charge in [0.25, 0.3) is 0 Å². The van der Waals surface area contributed by atoms with Crippen LogP contribution in [0.3, 0.4) is 0 Å². The van der Waals surface area contributed by atoms with Crippen LogP contribution in [0.4, 0.5) is 0 Å². The largest absolute Gasteiger partial charge is 0.353 e. The first kappa shape index (κ1) is 24.5. The summed E-state index contributed by atoms with van der Waals surface area (Å²) < 4.78 is 12.5. The molecule has 1 heterocycles. The standard InChI is InChI=1S/C29H43NO4/c1-6-28(18-30)12-10-25-23-8-7-21-16-29(13-14-32-34-29)26(33-20(4)31-17-19(2)3)15-24(21)22(23)9-11-27(25,28)5/h9,19-20,23,25-26H,6-8,10-17H2,1-5H3/t20?,23-,25+,26?,27+,28-,29?/m1/s1. The summed E-state index contributed by atoms with van der Waals surface area (Å²) in [4.78, 5) is 11.4. The molecule has 0 aromatic rings. The van der Waals surface area contributed by atoms with E-state index in [-0.39, 0.29) is 23.2 Å². The van der Waals surface area contributed by atoms with Gasteiger partial charge >= 0.3 is 0 Å². The van der Waals surface area contributed by atoms with Gasteiger partial charge < -0.3 is 9.47 Å². The van der Waals surface area contributed by atoms with Crippen LogP contribution in [0.1, 0.15) is 92.4 Å². The number of allylic oxidation sites excluding steroid dienone is 2. The molecule has 0 radical (unpaired) electrons.